The first-order chi connectivity index (χ1) is 18.1. The number of para-hydroxylation sites is 1. The molecular formula is C29H21N3O4S. The fourth-order valence-electron chi connectivity index (χ4n) is 4.01. The van der Waals surface area contributed by atoms with Crippen molar-refractivity contribution < 1.29 is 13.6 Å². The molecule has 37 heavy (non-hydrogen) atoms. The lowest BCUT2D eigenvalue weighted by Crippen LogP contribution is -2.20. The van der Waals surface area contributed by atoms with E-state index < -0.39 is 0 Å². The summed E-state index contributed by atoms with van der Waals surface area (Å²) in [5.41, 5.74) is 2.06. The van der Waals surface area contributed by atoms with Gasteiger partial charge < -0.3 is 13.6 Å². The minimum Gasteiger partial charge on any atom is -0.496 e. The topological polar surface area (TPSA) is 82.8 Å². The standard InChI is InChI=1S/C29H21N3O4S/c1-18-10-13-20(14-11-18)37-27-15-12-19(35-27)17-30-32-28(31-23-7-4-3-6-21(23)29(32)33)26-16-22-24(34-2)8-5-9-25(22)36-26/h3-17H,1-2H3. The fourth-order valence-corrected chi connectivity index (χ4v) is 4.79. The zero-order valence-electron chi connectivity index (χ0n) is 20.0. The molecule has 0 fully saturated rings. The summed E-state index contributed by atoms with van der Waals surface area (Å²) < 4.78 is 18.7. The Kier molecular flexibility index (Phi) is 5.86. The number of aromatic nitrogens is 2. The maximum Gasteiger partial charge on any atom is 0.282 e. The van der Waals surface area contributed by atoms with Gasteiger partial charge in [0.05, 0.1) is 29.6 Å². The number of ether oxygens (including phenoxy) is 1. The van der Waals surface area contributed by atoms with Crippen LogP contribution in [0, 0.1) is 6.92 Å². The van der Waals surface area contributed by atoms with Crippen molar-refractivity contribution in [1.29, 1.82) is 0 Å². The largest absolute Gasteiger partial charge is 0.496 e. The van der Waals surface area contributed by atoms with E-state index in [4.69, 9.17) is 18.6 Å². The third-order valence-corrected chi connectivity index (χ3v) is 6.79. The van der Waals surface area contributed by atoms with Gasteiger partial charge in [-0.1, -0.05) is 47.7 Å². The molecule has 6 rings (SSSR count). The van der Waals surface area contributed by atoms with Crippen LogP contribution in [-0.4, -0.2) is 23.0 Å². The first-order valence-corrected chi connectivity index (χ1v) is 12.4. The molecule has 0 saturated carbocycles. The van der Waals surface area contributed by atoms with E-state index in [1.807, 2.05) is 48.5 Å². The number of methoxy groups -OCH3 is 1. The summed E-state index contributed by atoms with van der Waals surface area (Å²) in [6.07, 6.45) is 1.50. The molecule has 7 nitrogen and oxygen atoms in total. The van der Waals surface area contributed by atoms with Crippen LogP contribution in [0.15, 0.2) is 114 Å². The van der Waals surface area contributed by atoms with Gasteiger partial charge in [-0.15, -0.1) is 0 Å². The van der Waals surface area contributed by atoms with Crippen LogP contribution in [0.2, 0.25) is 0 Å². The quantitative estimate of drug-likeness (QED) is 0.232. The van der Waals surface area contributed by atoms with Gasteiger partial charge >= 0.3 is 0 Å². The van der Waals surface area contributed by atoms with E-state index in [-0.39, 0.29) is 11.4 Å². The van der Waals surface area contributed by atoms with Crippen LogP contribution in [0.5, 0.6) is 5.75 Å². The predicted molar refractivity (Wildman–Crippen MR) is 145 cm³/mol. The fraction of sp³-hybridized carbons (Fsp3) is 0.0690. The van der Waals surface area contributed by atoms with Crippen LogP contribution in [-0.2, 0) is 0 Å². The molecular weight excluding hydrogens is 486 g/mol. The second kappa shape index (κ2) is 9.48. The monoisotopic (exact) mass is 507 g/mol. The highest BCUT2D eigenvalue weighted by atomic mass is 32.2. The SMILES string of the molecule is COc1cccc2oc(-c3nc4ccccc4c(=O)n3N=Cc3ccc(Sc4ccc(C)cc4)o3)cc12. The minimum atomic E-state index is -0.315. The van der Waals surface area contributed by atoms with Gasteiger partial charge in [-0.25, -0.2) is 4.98 Å². The van der Waals surface area contributed by atoms with Crippen LogP contribution in [0.4, 0.5) is 0 Å². The molecule has 0 unspecified atom stereocenters. The Morgan fingerprint density at radius 2 is 1.78 bits per heavy atom. The molecule has 0 radical (unpaired) electrons. The lowest BCUT2D eigenvalue weighted by molar-refractivity contribution is 0.419. The first-order valence-electron chi connectivity index (χ1n) is 11.6. The number of hydrogen-bond donors (Lipinski definition) is 0. The molecule has 3 heterocycles. The van der Waals surface area contributed by atoms with Gasteiger partial charge in [0.1, 0.15) is 17.1 Å². The number of hydrogen-bond acceptors (Lipinski definition) is 7. The molecule has 0 amide bonds. The lowest BCUT2D eigenvalue weighted by Gasteiger charge is -2.06. The summed E-state index contributed by atoms with van der Waals surface area (Å²) >= 11 is 1.51. The van der Waals surface area contributed by atoms with Crippen molar-refractivity contribution >= 4 is 39.8 Å². The number of rotatable bonds is 6. The van der Waals surface area contributed by atoms with Crippen LogP contribution in [0.3, 0.4) is 0 Å². The molecule has 0 saturated heterocycles. The van der Waals surface area contributed by atoms with E-state index >= 15 is 0 Å². The molecule has 0 aliphatic heterocycles. The number of furan rings is 2. The smallest absolute Gasteiger partial charge is 0.282 e. The molecule has 182 valence electrons. The number of nitrogens with zero attached hydrogens (tertiary/aromatic N) is 3. The van der Waals surface area contributed by atoms with Crippen LogP contribution >= 0.6 is 11.8 Å². The highest BCUT2D eigenvalue weighted by molar-refractivity contribution is 7.99. The molecule has 0 spiro atoms. The summed E-state index contributed by atoms with van der Waals surface area (Å²) in [5.74, 6) is 1.85. The van der Waals surface area contributed by atoms with Gasteiger partial charge in [0.2, 0.25) is 5.82 Å². The first kappa shape index (κ1) is 22.9. The minimum absolute atomic E-state index is 0.277. The molecule has 3 aromatic carbocycles. The second-order valence-corrected chi connectivity index (χ2v) is 9.45. The Balaban J connectivity index is 1.41. The summed E-state index contributed by atoms with van der Waals surface area (Å²) in [7, 11) is 1.60. The van der Waals surface area contributed by atoms with E-state index in [2.05, 4.69) is 24.2 Å². The van der Waals surface area contributed by atoms with Crippen molar-refractivity contribution in [3.05, 3.63) is 107 Å². The van der Waals surface area contributed by atoms with Gasteiger partial charge in [-0.3, -0.25) is 4.79 Å². The molecule has 0 N–H and O–H groups in total. The van der Waals surface area contributed by atoms with Crippen LogP contribution in [0.1, 0.15) is 11.3 Å². The van der Waals surface area contributed by atoms with Crippen molar-refractivity contribution in [2.75, 3.05) is 7.11 Å². The van der Waals surface area contributed by atoms with Gasteiger partial charge in [0, 0.05) is 4.90 Å². The maximum atomic E-state index is 13.5. The van der Waals surface area contributed by atoms with Crippen molar-refractivity contribution in [1.82, 2.24) is 9.66 Å². The summed E-state index contributed by atoms with van der Waals surface area (Å²) in [6.45, 7) is 2.05. The van der Waals surface area contributed by atoms with E-state index in [0.29, 0.717) is 33.8 Å². The van der Waals surface area contributed by atoms with E-state index in [1.165, 1.54) is 28.2 Å². The normalized spacial score (nSPS) is 11.6. The van der Waals surface area contributed by atoms with E-state index in [1.54, 1.807) is 31.4 Å². The Hall–Kier alpha value is -4.56. The number of aryl methyl sites for hydroxylation is 1. The number of fused-ring (bicyclic) bond motifs is 2. The van der Waals surface area contributed by atoms with Crippen molar-refractivity contribution in [3.8, 4) is 17.3 Å². The van der Waals surface area contributed by atoms with E-state index in [9.17, 15) is 4.79 Å². The van der Waals surface area contributed by atoms with Crippen molar-refractivity contribution in [2.45, 2.75) is 16.9 Å². The third-order valence-electron chi connectivity index (χ3n) is 5.86. The van der Waals surface area contributed by atoms with Crippen LogP contribution < -0.4 is 10.3 Å². The van der Waals surface area contributed by atoms with Gasteiger partial charge in [0.15, 0.2) is 10.9 Å². The molecule has 6 aromatic rings. The molecule has 0 aliphatic carbocycles. The molecule has 3 aromatic heterocycles. The molecule has 0 atom stereocenters. The second-order valence-electron chi connectivity index (χ2n) is 8.37. The summed E-state index contributed by atoms with van der Waals surface area (Å²) in [5, 5.41) is 6.42. The Morgan fingerprint density at radius 1 is 0.946 bits per heavy atom. The van der Waals surface area contributed by atoms with Crippen molar-refractivity contribution in [3.63, 3.8) is 0 Å². The Labute approximate surface area is 216 Å². The lowest BCUT2D eigenvalue weighted by atomic mass is 10.2. The zero-order chi connectivity index (χ0) is 25.4. The van der Waals surface area contributed by atoms with Crippen LogP contribution in [0.25, 0.3) is 33.5 Å². The zero-order valence-corrected chi connectivity index (χ0v) is 20.9. The molecule has 0 bridgehead atoms. The van der Waals surface area contributed by atoms with Gasteiger partial charge in [-0.2, -0.15) is 9.78 Å². The third kappa shape index (κ3) is 4.43. The molecule has 8 heteroatoms. The highest BCUT2D eigenvalue weighted by Gasteiger charge is 2.18. The highest BCUT2D eigenvalue weighted by Crippen LogP contribution is 2.33. The predicted octanol–water partition coefficient (Wildman–Crippen LogP) is 6.75. The van der Waals surface area contributed by atoms with Crippen molar-refractivity contribution in [2.24, 2.45) is 5.10 Å². The Morgan fingerprint density at radius 3 is 2.62 bits per heavy atom. The average molecular weight is 508 g/mol. The van der Waals surface area contributed by atoms with E-state index in [0.717, 1.165) is 15.4 Å². The van der Waals surface area contributed by atoms with Gasteiger partial charge in [-0.05, 0) is 61.5 Å². The van der Waals surface area contributed by atoms with Gasteiger partial charge in [0.25, 0.3) is 5.56 Å². The molecule has 0 aliphatic rings. The summed E-state index contributed by atoms with van der Waals surface area (Å²) in [6, 6.07) is 26.4. The Bertz CT molecular complexity index is 1830. The average Bonchev–Trinajstić information content (AvgIpc) is 3.56. The maximum absolute atomic E-state index is 13.5. The number of benzene rings is 3. The summed E-state index contributed by atoms with van der Waals surface area (Å²) in [4.78, 5) is 19.3.